The van der Waals surface area contributed by atoms with Gasteiger partial charge < -0.3 is 5.41 Å². The van der Waals surface area contributed by atoms with Gasteiger partial charge in [0.2, 0.25) is 0 Å². The molecule has 0 radical (unpaired) electrons. The fraction of sp³-hybridized carbons (Fsp3) is 0. The minimum Gasteiger partial charge on any atom is -0.308 e. The summed E-state index contributed by atoms with van der Waals surface area (Å²) in [7, 11) is 0. The zero-order valence-electron chi connectivity index (χ0n) is 5.79. The Kier molecular flexibility index (Phi) is 3.22. The molecule has 0 saturated carbocycles. The monoisotopic (exact) mass is 258 g/mol. The summed E-state index contributed by atoms with van der Waals surface area (Å²) in [5.41, 5.74) is 1.88. The van der Waals surface area contributed by atoms with Crippen LogP contribution in [0.2, 0.25) is 0 Å². The van der Waals surface area contributed by atoms with E-state index in [4.69, 9.17) is 5.41 Å². The first-order valence-electron chi connectivity index (χ1n) is 3.12. The lowest BCUT2D eigenvalue weighted by atomic mass is 10.1. The maximum absolute atomic E-state index is 7.07. The Balaban J connectivity index is 3.11. The van der Waals surface area contributed by atoms with Crippen molar-refractivity contribution in [1.29, 1.82) is 5.41 Å². The van der Waals surface area contributed by atoms with Gasteiger partial charge in [-0.2, -0.15) is 0 Å². The standard InChI is InChI=1S/C8H7IN2/c9-11-6-8-4-2-1-3-7(8)5-10/h1-6,10H/b10-5?,11-6-. The van der Waals surface area contributed by atoms with Crippen molar-refractivity contribution in [3.8, 4) is 0 Å². The van der Waals surface area contributed by atoms with E-state index in [2.05, 4.69) is 3.21 Å². The molecule has 2 nitrogen and oxygen atoms in total. The molecule has 0 saturated heterocycles. The summed E-state index contributed by atoms with van der Waals surface area (Å²) in [6, 6.07) is 7.66. The molecule has 1 rings (SSSR count). The van der Waals surface area contributed by atoms with Gasteiger partial charge in [0.15, 0.2) is 0 Å². The molecule has 0 aliphatic heterocycles. The smallest absolute Gasteiger partial charge is 0.0831 e. The van der Waals surface area contributed by atoms with E-state index >= 15 is 0 Å². The Morgan fingerprint density at radius 1 is 1.27 bits per heavy atom. The predicted octanol–water partition coefficient (Wildman–Crippen LogP) is 2.45. The molecule has 1 aromatic rings. The van der Waals surface area contributed by atoms with Gasteiger partial charge in [0.05, 0.1) is 22.9 Å². The third kappa shape index (κ3) is 2.11. The molecule has 0 fully saturated rings. The van der Waals surface area contributed by atoms with Crippen molar-refractivity contribution in [3.63, 3.8) is 0 Å². The second-order valence-corrected chi connectivity index (χ2v) is 2.56. The zero-order valence-corrected chi connectivity index (χ0v) is 7.95. The van der Waals surface area contributed by atoms with Crippen LogP contribution in [0.25, 0.3) is 0 Å². The van der Waals surface area contributed by atoms with E-state index in [0.717, 1.165) is 11.1 Å². The average Bonchev–Trinajstić information content (AvgIpc) is 2.06. The van der Waals surface area contributed by atoms with Crippen LogP contribution in [0.3, 0.4) is 0 Å². The Bertz CT molecular complexity index is 281. The fourth-order valence-corrected chi connectivity index (χ4v) is 1.11. The van der Waals surface area contributed by atoms with Crippen LogP contribution in [0.4, 0.5) is 0 Å². The highest BCUT2D eigenvalue weighted by molar-refractivity contribution is 14.1. The van der Waals surface area contributed by atoms with Crippen LogP contribution in [0.1, 0.15) is 11.1 Å². The molecule has 56 valence electrons. The Morgan fingerprint density at radius 3 is 2.45 bits per heavy atom. The summed E-state index contributed by atoms with van der Waals surface area (Å²) in [6.45, 7) is 0. The third-order valence-electron chi connectivity index (χ3n) is 1.34. The summed E-state index contributed by atoms with van der Waals surface area (Å²) >= 11 is 1.92. The first-order chi connectivity index (χ1) is 5.38. The van der Waals surface area contributed by atoms with E-state index in [0.29, 0.717) is 0 Å². The Labute approximate surface area is 79.4 Å². The van der Waals surface area contributed by atoms with Crippen LogP contribution >= 0.6 is 22.9 Å². The van der Waals surface area contributed by atoms with Crippen molar-refractivity contribution < 1.29 is 0 Å². The molecule has 0 aromatic heterocycles. The minimum absolute atomic E-state index is 0.896. The second-order valence-electron chi connectivity index (χ2n) is 2.00. The molecule has 0 aliphatic rings. The first-order valence-corrected chi connectivity index (χ1v) is 4.09. The number of nitrogens with one attached hydrogen (secondary N) is 1. The summed E-state index contributed by atoms with van der Waals surface area (Å²) < 4.78 is 3.86. The maximum Gasteiger partial charge on any atom is 0.0831 e. The summed E-state index contributed by atoms with van der Waals surface area (Å²) in [5, 5.41) is 7.07. The molecular formula is C8H7IN2. The highest BCUT2D eigenvalue weighted by Gasteiger charge is 1.92. The topological polar surface area (TPSA) is 36.2 Å². The first kappa shape index (κ1) is 8.39. The summed E-state index contributed by atoms with van der Waals surface area (Å²) in [4.78, 5) is 0. The Hall–Kier alpha value is -0.710. The third-order valence-corrected chi connectivity index (χ3v) is 1.62. The molecule has 0 atom stereocenters. The number of hydrogen-bond donors (Lipinski definition) is 1. The van der Waals surface area contributed by atoms with Gasteiger partial charge in [-0.05, 0) is 0 Å². The van der Waals surface area contributed by atoms with Crippen LogP contribution in [-0.2, 0) is 0 Å². The van der Waals surface area contributed by atoms with Crippen molar-refractivity contribution in [2.24, 2.45) is 3.21 Å². The molecule has 11 heavy (non-hydrogen) atoms. The van der Waals surface area contributed by atoms with E-state index in [9.17, 15) is 0 Å². The van der Waals surface area contributed by atoms with Gasteiger partial charge in [-0.3, -0.25) is 0 Å². The van der Waals surface area contributed by atoms with Crippen molar-refractivity contribution in [3.05, 3.63) is 35.4 Å². The number of halogens is 1. The number of nitrogens with zero attached hydrogens (tertiary/aromatic N) is 1. The quantitative estimate of drug-likeness (QED) is 0.625. The molecular weight excluding hydrogens is 251 g/mol. The number of benzene rings is 1. The lowest BCUT2D eigenvalue weighted by Crippen LogP contribution is -1.88. The van der Waals surface area contributed by atoms with E-state index in [1.54, 1.807) is 6.21 Å². The van der Waals surface area contributed by atoms with Gasteiger partial charge in [0.1, 0.15) is 0 Å². The molecule has 1 aromatic carbocycles. The molecule has 0 unspecified atom stereocenters. The van der Waals surface area contributed by atoms with Gasteiger partial charge in [-0.1, -0.05) is 24.3 Å². The minimum atomic E-state index is 0.896. The van der Waals surface area contributed by atoms with Crippen molar-refractivity contribution in [2.45, 2.75) is 0 Å². The summed E-state index contributed by atoms with van der Waals surface area (Å²) in [6.07, 6.45) is 3.06. The second kappa shape index (κ2) is 4.23. The van der Waals surface area contributed by atoms with Gasteiger partial charge >= 0.3 is 0 Å². The van der Waals surface area contributed by atoms with Crippen molar-refractivity contribution in [2.75, 3.05) is 0 Å². The lowest BCUT2D eigenvalue weighted by molar-refractivity contribution is 1.53. The van der Waals surface area contributed by atoms with Gasteiger partial charge in [-0.15, -0.1) is 0 Å². The van der Waals surface area contributed by atoms with Gasteiger partial charge in [-0.25, -0.2) is 3.21 Å². The largest absolute Gasteiger partial charge is 0.308 e. The molecule has 0 bridgehead atoms. The molecule has 0 spiro atoms. The van der Waals surface area contributed by atoms with E-state index in [-0.39, 0.29) is 0 Å². The fourth-order valence-electron chi connectivity index (χ4n) is 0.812. The van der Waals surface area contributed by atoms with Crippen LogP contribution in [0.15, 0.2) is 27.5 Å². The molecule has 0 amide bonds. The van der Waals surface area contributed by atoms with Crippen LogP contribution < -0.4 is 0 Å². The molecule has 0 aliphatic carbocycles. The zero-order chi connectivity index (χ0) is 8.10. The normalized spacial score (nSPS) is 10.3. The average molecular weight is 258 g/mol. The maximum atomic E-state index is 7.07. The number of rotatable bonds is 2. The van der Waals surface area contributed by atoms with Crippen molar-refractivity contribution >= 4 is 35.3 Å². The van der Waals surface area contributed by atoms with Crippen LogP contribution in [0, 0.1) is 5.41 Å². The Morgan fingerprint density at radius 2 is 1.91 bits per heavy atom. The molecule has 1 N–H and O–H groups in total. The van der Waals surface area contributed by atoms with Crippen molar-refractivity contribution in [1.82, 2.24) is 0 Å². The predicted molar refractivity (Wildman–Crippen MR) is 55.9 cm³/mol. The van der Waals surface area contributed by atoms with Crippen LogP contribution in [-0.4, -0.2) is 12.4 Å². The highest BCUT2D eigenvalue weighted by atomic mass is 127. The number of hydrogen-bond acceptors (Lipinski definition) is 2. The van der Waals surface area contributed by atoms with E-state index < -0.39 is 0 Å². The molecule has 0 heterocycles. The van der Waals surface area contributed by atoms with E-state index in [1.807, 2.05) is 47.1 Å². The summed E-state index contributed by atoms with van der Waals surface area (Å²) in [5.74, 6) is 0. The van der Waals surface area contributed by atoms with Gasteiger partial charge in [0.25, 0.3) is 0 Å². The molecule has 3 heteroatoms. The lowest BCUT2D eigenvalue weighted by Gasteiger charge is -1.95. The SMILES string of the molecule is N=Cc1ccccc1/C=N\I. The van der Waals surface area contributed by atoms with E-state index in [1.165, 1.54) is 6.21 Å². The van der Waals surface area contributed by atoms with Crippen LogP contribution in [0.5, 0.6) is 0 Å². The highest BCUT2D eigenvalue weighted by Crippen LogP contribution is 2.03. The van der Waals surface area contributed by atoms with Gasteiger partial charge in [0, 0.05) is 23.6 Å².